The highest BCUT2D eigenvalue weighted by Gasteiger charge is 2.30. The molecule has 3 aromatic rings. The van der Waals surface area contributed by atoms with Crippen LogP contribution in [0.1, 0.15) is 25.8 Å². The Labute approximate surface area is 170 Å². The van der Waals surface area contributed by atoms with E-state index in [0.29, 0.717) is 11.0 Å². The van der Waals surface area contributed by atoms with Gasteiger partial charge in [0.2, 0.25) is 5.91 Å². The van der Waals surface area contributed by atoms with Crippen molar-refractivity contribution in [2.45, 2.75) is 31.7 Å². The number of aryl methyl sites for hydroxylation is 2. The first-order valence-electron chi connectivity index (χ1n) is 9.38. The van der Waals surface area contributed by atoms with Gasteiger partial charge in [-0.3, -0.25) is 13.9 Å². The zero-order chi connectivity index (χ0) is 21.3. The Morgan fingerprint density at radius 2 is 1.62 bits per heavy atom. The van der Waals surface area contributed by atoms with Crippen LogP contribution in [0.2, 0.25) is 0 Å². The lowest BCUT2D eigenvalue weighted by Gasteiger charge is -2.23. The van der Waals surface area contributed by atoms with Crippen molar-refractivity contribution in [3.63, 3.8) is 0 Å². The molecule has 0 spiro atoms. The highest BCUT2D eigenvalue weighted by atomic mass is 32.2. The number of nitrogens with zero attached hydrogens (tertiary/aromatic N) is 3. The Morgan fingerprint density at radius 3 is 2.24 bits per heavy atom. The van der Waals surface area contributed by atoms with Crippen molar-refractivity contribution in [3.05, 3.63) is 64.6 Å². The predicted octanol–water partition coefficient (Wildman–Crippen LogP) is 2.64. The van der Waals surface area contributed by atoms with E-state index in [1.54, 1.807) is 44.4 Å². The topological polar surface area (TPSA) is 81.4 Å². The van der Waals surface area contributed by atoms with E-state index in [-0.39, 0.29) is 29.5 Å². The van der Waals surface area contributed by atoms with E-state index in [4.69, 9.17) is 0 Å². The second kappa shape index (κ2) is 7.87. The highest BCUT2D eigenvalue weighted by molar-refractivity contribution is 7.89. The maximum Gasteiger partial charge on any atom is 0.328 e. The predicted molar refractivity (Wildman–Crippen MR) is 112 cm³/mol. The van der Waals surface area contributed by atoms with Gasteiger partial charge >= 0.3 is 5.69 Å². The van der Waals surface area contributed by atoms with Gasteiger partial charge in [-0.05, 0) is 29.7 Å². The van der Waals surface area contributed by atoms with Gasteiger partial charge in [0, 0.05) is 20.5 Å². The van der Waals surface area contributed by atoms with Gasteiger partial charge in [0.1, 0.15) is 0 Å². The number of sulfonamides is 1. The van der Waals surface area contributed by atoms with Gasteiger partial charge in [-0.1, -0.05) is 44.2 Å². The fourth-order valence-corrected chi connectivity index (χ4v) is 4.70. The Hall–Kier alpha value is -2.87. The lowest BCUT2D eigenvalue weighted by Crippen LogP contribution is -2.37. The van der Waals surface area contributed by atoms with Crippen molar-refractivity contribution in [2.75, 3.05) is 0 Å². The second-order valence-corrected chi connectivity index (χ2v) is 9.40. The Kier molecular flexibility index (Phi) is 5.66. The normalized spacial score (nSPS) is 11.9. The first kappa shape index (κ1) is 20.9. The first-order chi connectivity index (χ1) is 13.6. The third-order valence-electron chi connectivity index (χ3n) is 4.86. The van der Waals surface area contributed by atoms with Crippen LogP contribution in [0.4, 0.5) is 0 Å². The minimum Gasteiger partial charge on any atom is -0.295 e. The van der Waals surface area contributed by atoms with Crippen LogP contribution < -0.4 is 5.69 Å². The minimum atomic E-state index is -4.10. The summed E-state index contributed by atoms with van der Waals surface area (Å²) in [5, 5.41) is 0. The van der Waals surface area contributed by atoms with Crippen LogP contribution in [-0.4, -0.2) is 27.8 Å². The molecule has 0 aliphatic heterocycles. The molecular formula is C21H25N3O4S. The van der Waals surface area contributed by atoms with Crippen molar-refractivity contribution >= 4 is 27.0 Å². The molecule has 0 N–H and O–H groups in total. The van der Waals surface area contributed by atoms with Gasteiger partial charge < -0.3 is 0 Å². The summed E-state index contributed by atoms with van der Waals surface area (Å²) in [7, 11) is -0.875. The number of aromatic nitrogens is 2. The van der Waals surface area contributed by atoms with Gasteiger partial charge in [0.05, 0.1) is 22.5 Å². The van der Waals surface area contributed by atoms with Gasteiger partial charge in [0.25, 0.3) is 10.0 Å². The second-order valence-electron chi connectivity index (χ2n) is 7.54. The monoisotopic (exact) mass is 415 g/mol. The van der Waals surface area contributed by atoms with Crippen molar-refractivity contribution in [3.8, 4) is 0 Å². The highest BCUT2D eigenvalue weighted by Crippen LogP contribution is 2.24. The van der Waals surface area contributed by atoms with Crippen LogP contribution in [0.25, 0.3) is 11.0 Å². The van der Waals surface area contributed by atoms with Crippen LogP contribution in [0.3, 0.4) is 0 Å². The van der Waals surface area contributed by atoms with E-state index in [2.05, 4.69) is 0 Å². The maximum absolute atomic E-state index is 13.4. The zero-order valence-corrected chi connectivity index (χ0v) is 17.8. The van der Waals surface area contributed by atoms with Gasteiger partial charge in [-0.2, -0.15) is 0 Å². The lowest BCUT2D eigenvalue weighted by atomic mass is 10.1. The fourth-order valence-electron chi connectivity index (χ4n) is 3.28. The van der Waals surface area contributed by atoms with Crippen molar-refractivity contribution < 1.29 is 13.2 Å². The molecule has 0 saturated carbocycles. The van der Waals surface area contributed by atoms with E-state index >= 15 is 0 Å². The average Bonchev–Trinajstić information content (AvgIpc) is 2.90. The van der Waals surface area contributed by atoms with E-state index in [0.717, 1.165) is 9.87 Å². The van der Waals surface area contributed by atoms with Crippen LogP contribution in [0.15, 0.2) is 58.2 Å². The SMILES string of the molecule is CC(C)CC(=O)N(Cc1ccccc1)S(=O)(=O)c1ccc2c(c1)n(C)c(=O)n2C. The molecule has 8 heteroatoms. The number of benzene rings is 2. The van der Waals surface area contributed by atoms with Crippen LogP contribution in [-0.2, 0) is 35.5 Å². The summed E-state index contributed by atoms with van der Waals surface area (Å²) in [5.41, 5.74) is 1.60. The number of fused-ring (bicyclic) bond motifs is 1. The Bertz CT molecular complexity index is 1210. The molecule has 2 aromatic carbocycles. The van der Waals surface area contributed by atoms with E-state index < -0.39 is 15.9 Å². The van der Waals surface area contributed by atoms with Crippen molar-refractivity contribution in [2.24, 2.45) is 20.0 Å². The van der Waals surface area contributed by atoms with E-state index in [1.165, 1.54) is 21.3 Å². The molecule has 1 aromatic heterocycles. The maximum atomic E-state index is 13.4. The molecule has 0 aliphatic rings. The summed E-state index contributed by atoms with van der Waals surface area (Å²) in [4.78, 5) is 25.0. The summed E-state index contributed by atoms with van der Waals surface area (Å²) in [6.45, 7) is 3.70. The van der Waals surface area contributed by atoms with Gasteiger partial charge in [-0.15, -0.1) is 0 Å². The third kappa shape index (κ3) is 3.98. The molecule has 0 unspecified atom stereocenters. The number of carbonyl (C=O) groups excluding carboxylic acids is 1. The quantitative estimate of drug-likeness (QED) is 0.620. The largest absolute Gasteiger partial charge is 0.328 e. The molecule has 154 valence electrons. The molecule has 0 saturated heterocycles. The fraction of sp³-hybridized carbons (Fsp3) is 0.333. The summed E-state index contributed by atoms with van der Waals surface area (Å²) in [6.07, 6.45) is 0.123. The number of hydrogen-bond donors (Lipinski definition) is 0. The molecule has 29 heavy (non-hydrogen) atoms. The average molecular weight is 416 g/mol. The minimum absolute atomic E-state index is 0.0146. The summed E-state index contributed by atoms with van der Waals surface area (Å²) in [6, 6.07) is 13.5. The summed E-state index contributed by atoms with van der Waals surface area (Å²) < 4.78 is 30.6. The molecule has 3 rings (SSSR count). The van der Waals surface area contributed by atoms with E-state index in [9.17, 15) is 18.0 Å². The third-order valence-corrected chi connectivity index (χ3v) is 6.62. The number of hydrogen-bond acceptors (Lipinski definition) is 4. The number of rotatable bonds is 6. The number of carbonyl (C=O) groups is 1. The molecule has 0 fully saturated rings. The zero-order valence-electron chi connectivity index (χ0n) is 17.0. The molecule has 0 radical (unpaired) electrons. The molecule has 1 heterocycles. The standard InChI is InChI=1S/C21H25N3O4S/c1-15(2)12-20(25)24(14-16-8-6-5-7-9-16)29(27,28)17-10-11-18-19(13-17)23(4)21(26)22(18)3/h5-11,13,15H,12,14H2,1-4H3. The lowest BCUT2D eigenvalue weighted by molar-refractivity contribution is -0.127. The van der Waals surface area contributed by atoms with E-state index in [1.807, 2.05) is 19.9 Å². The Balaban J connectivity index is 2.10. The first-order valence-corrected chi connectivity index (χ1v) is 10.8. The number of imidazole rings is 1. The molecule has 0 bridgehead atoms. The van der Waals surface area contributed by atoms with Crippen LogP contribution >= 0.6 is 0 Å². The molecule has 1 amide bonds. The smallest absolute Gasteiger partial charge is 0.295 e. The Morgan fingerprint density at radius 1 is 1.00 bits per heavy atom. The van der Waals surface area contributed by atoms with Crippen LogP contribution in [0.5, 0.6) is 0 Å². The summed E-state index contributed by atoms with van der Waals surface area (Å²) in [5.74, 6) is -0.431. The number of amides is 1. The van der Waals surface area contributed by atoms with Crippen molar-refractivity contribution in [1.29, 1.82) is 0 Å². The molecular weight excluding hydrogens is 390 g/mol. The van der Waals surface area contributed by atoms with Gasteiger partial charge in [0.15, 0.2) is 0 Å². The molecule has 0 aliphatic carbocycles. The molecule has 0 atom stereocenters. The molecule has 7 nitrogen and oxygen atoms in total. The van der Waals surface area contributed by atoms with Crippen LogP contribution in [0, 0.1) is 5.92 Å². The summed E-state index contributed by atoms with van der Waals surface area (Å²) >= 11 is 0. The van der Waals surface area contributed by atoms with Crippen molar-refractivity contribution in [1.82, 2.24) is 13.4 Å². The van der Waals surface area contributed by atoms with Gasteiger partial charge in [-0.25, -0.2) is 17.5 Å².